The minimum atomic E-state index is -0.649. The van der Waals surface area contributed by atoms with E-state index in [-0.39, 0.29) is 11.0 Å². The molecule has 0 radical (unpaired) electrons. The Morgan fingerprint density at radius 1 is 1.63 bits per heavy atom. The first kappa shape index (κ1) is 15.4. The van der Waals surface area contributed by atoms with E-state index in [1.54, 1.807) is 17.3 Å². The molecule has 1 saturated carbocycles. The maximum atomic E-state index is 10.0. The summed E-state index contributed by atoms with van der Waals surface area (Å²) in [6, 6.07) is 0. The number of aliphatic hydroxyl groups is 1. The normalized spacial score (nSPS) is 34.8. The number of allylic oxidation sites excluding steroid dienone is 2. The summed E-state index contributed by atoms with van der Waals surface area (Å²) < 4.78 is 6.08. The van der Waals surface area contributed by atoms with E-state index < -0.39 is 6.29 Å². The molecule has 4 unspecified atom stereocenters. The molecule has 4 atom stereocenters. The summed E-state index contributed by atoms with van der Waals surface area (Å²) in [7, 11) is 0. The summed E-state index contributed by atoms with van der Waals surface area (Å²) in [5, 5.41) is 10.0. The van der Waals surface area contributed by atoms with Gasteiger partial charge >= 0.3 is 0 Å². The van der Waals surface area contributed by atoms with Crippen LogP contribution in [-0.4, -0.2) is 29.0 Å². The van der Waals surface area contributed by atoms with Gasteiger partial charge < -0.3 is 9.84 Å². The molecule has 3 heteroatoms. The summed E-state index contributed by atoms with van der Waals surface area (Å²) in [4.78, 5) is 0. The van der Waals surface area contributed by atoms with Crippen molar-refractivity contribution in [2.75, 3.05) is 12.0 Å². The average Bonchev–Trinajstić information content (AvgIpc) is 2.33. The molecule has 0 aromatic rings. The monoisotopic (exact) mass is 284 g/mol. The number of fused-ring (bicyclic) bond motifs is 1. The Balaban J connectivity index is 2.10. The Morgan fingerprint density at radius 3 is 2.84 bits per heavy atom. The SMILES string of the molecule is CCC(C)(OC(O)CSC)C1(C)CC=C2CCC2C1. The predicted octanol–water partition coefficient (Wildman–Crippen LogP) is 3.99. The molecule has 1 fully saturated rings. The van der Waals surface area contributed by atoms with Crippen LogP contribution in [0, 0.1) is 11.3 Å². The van der Waals surface area contributed by atoms with Crippen LogP contribution >= 0.6 is 11.8 Å². The Hall–Kier alpha value is 0.01000. The zero-order valence-corrected chi connectivity index (χ0v) is 13.6. The van der Waals surface area contributed by atoms with Gasteiger partial charge in [0.25, 0.3) is 0 Å². The van der Waals surface area contributed by atoms with E-state index in [4.69, 9.17) is 4.74 Å². The zero-order valence-electron chi connectivity index (χ0n) is 12.7. The Kier molecular flexibility index (Phi) is 4.69. The van der Waals surface area contributed by atoms with E-state index in [9.17, 15) is 5.11 Å². The van der Waals surface area contributed by atoms with Gasteiger partial charge in [-0.05, 0) is 51.2 Å². The number of ether oxygens (including phenoxy) is 1. The summed E-state index contributed by atoms with van der Waals surface area (Å²) in [6.45, 7) is 6.71. The van der Waals surface area contributed by atoms with Crippen molar-refractivity contribution in [3.8, 4) is 0 Å². The van der Waals surface area contributed by atoms with E-state index in [1.807, 2.05) is 6.26 Å². The summed E-state index contributed by atoms with van der Waals surface area (Å²) >= 11 is 1.63. The van der Waals surface area contributed by atoms with Crippen molar-refractivity contribution in [3.63, 3.8) is 0 Å². The third-order valence-corrected chi connectivity index (χ3v) is 6.09. The molecule has 0 saturated heterocycles. The lowest BCUT2D eigenvalue weighted by atomic mass is 9.57. The zero-order chi connectivity index (χ0) is 14.1. The number of hydrogen-bond donors (Lipinski definition) is 1. The Labute approximate surface area is 122 Å². The van der Waals surface area contributed by atoms with E-state index in [1.165, 1.54) is 19.3 Å². The molecule has 19 heavy (non-hydrogen) atoms. The summed E-state index contributed by atoms with van der Waals surface area (Å²) in [5.74, 6) is 1.43. The minimum absolute atomic E-state index is 0.149. The second-order valence-corrected chi connectivity index (χ2v) is 7.51. The fourth-order valence-electron chi connectivity index (χ4n) is 3.56. The quantitative estimate of drug-likeness (QED) is 0.591. The average molecular weight is 284 g/mol. The van der Waals surface area contributed by atoms with Gasteiger partial charge in [0.1, 0.15) is 0 Å². The fourth-order valence-corrected chi connectivity index (χ4v) is 3.91. The van der Waals surface area contributed by atoms with Crippen LogP contribution in [-0.2, 0) is 4.74 Å². The molecule has 2 aliphatic rings. The van der Waals surface area contributed by atoms with Gasteiger partial charge in [0.15, 0.2) is 6.29 Å². The van der Waals surface area contributed by atoms with Crippen LogP contribution in [0.4, 0.5) is 0 Å². The molecule has 0 amide bonds. The first-order valence-electron chi connectivity index (χ1n) is 7.48. The smallest absolute Gasteiger partial charge is 0.164 e. The molecule has 0 aromatic carbocycles. The number of rotatable bonds is 6. The van der Waals surface area contributed by atoms with Crippen LogP contribution < -0.4 is 0 Å². The summed E-state index contributed by atoms with van der Waals surface area (Å²) in [6.07, 6.45) is 9.70. The molecule has 110 valence electrons. The molecule has 2 nitrogen and oxygen atoms in total. The van der Waals surface area contributed by atoms with Crippen molar-refractivity contribution in [2.24, 2.45) is 11.3 Å². The topological polar surface area (TPSA) is 29.5 Å². The highest BCUT2D eigenvalue weighted by Crippen LogP contribution is 2.54. The number of thioether (sulfide) groups is 1. The van der Waals surface area contributed by atoms with Gasteiger partial charge in [0.2, 0.25) is 0 Å². The maximum Gasteiger partial charge on any atom is 0.164 e. The minimum Gasteiger partial charge on any atom is -0.367 e. The van der Waals surface area contributed by atoms with Gasteiger partial charge in [-0.1, -0.05) is 25.5 Å². The first-order chi connectivity index (χ1) is 8.94. The second-order valence-electron chi connectivity index (χ2n) is 6.60. The molecular weight excluding hydrogens is 256 g/mol. The van der Waals surface area contributed by atoms with Crippen molar-refractivity contribution < 1.29 is 9.84 Å². The van der Waals surface area contributed by atoms with E-state index >= 15 is 0 Å². The van der Waals surface area contributed by atoms with Crippen LogP contribution in [0.15, 0.2) is 11.6 Å². The molecule has 1 N–H and O–H groups in total. The molecule has 2 rings (SSSR count). The number of hydrogen-bond acceptors (Lipinski definition) is 3. The maximum absolute atomic E-state index is 10.0. The number of aliphatic hydroxyl groups excluding tert-OH is 1. The molecular formula is C16H28O2S. The van der Waals surface area contributed by atoms with Crippen LogP contribution in [0.1, 0.15) is 52.9 Å². The van der Waals surface area contributed by atoms with Crippen LogP contribution in [0.25, 0.3) is 0 Å². The molecule has 2 aliphatic carbocycles. The predicted molar refractivity (Wildman–Crippen MR) is 82.3 cm³/mol. The van der Waals surface area contributed by atoms with E-state index in [0.717, 1.165) is 18.8 Å². The van der Waals surface area contributed by atoms with Crippen LogP contribution in [0.2, 0.25) is 0 Å². The largest absolute Gasteiger partial charge is 0.367 e. The molecule has 0 aromatic heterocycles. The van der Waals surface area contributed by atoms with Gasteiger partial charge in [0.05, 0.1) is 5.60 Å². The lowest BCUT2D eigenvalue weighted by Gasteiger charge is -2.52. The molecule has 0 heterocycles. The third-order valence-electron chi connectivity index (χ3n) is 5.47. The van der Waals surface area contributed by atoms with Crippen molar-refractivity contribution >= 4 is 11.8 Å². The van der Waals surface area contributed by atoms with Crippen molar-refractivity contribution in [1.29, 1.82) is 0 Å². The van der Waals surface area contributed by atoms with Gasteiger partial charge in [-0.25, -0.2) is 0 Å². The van der Waals surface area contributed by atoms with Gasteiger partial charge in [0, 0.05) is 11.2 Å². The standard InChI is InChI=1S/C16H28O2S/c1-5-16(3,18-14(17)11-19-4)15(2)9-8-12-6-7-13(12)10-15/h8,13-14,17H,5-7,9-11H2,1-4H3. The fraction of sp³-hybridized carbons (Fsp3) is 0.875. The highest BCUT2D eigenvalue weighted by atomic mass is 32.2. The van der Waals surface area contributed by atoms with Crippen molar-refractivity contribution in [2.45, 2.75) is 64.8 Å². The lowest BCUT2D eigenvalue weighted by molar-refractivity contribution is -0.217. The van der Waals surface area contributed by atoms with Crippen LogP contribution in [0.5, 0.6) is 0 Å². The van der Waals surface area contributed by atoms with Crippen molar-refractivity contribution in [3.05, 3.63) is 11.6 Å². The Bertz CT molecular complexity index is 355. The lowest BCUT2D eigenvalue weighted by Crippen LogP contribution is -2.51. The summed E-state index contributed by atoms with van der Waals surface area (Å²) in [5.41, 5.74) is 1.58. The first-order valence-corrected chi connectivity index (χ1v) is 8.87. The molecule has 0 aliphatic heterocycles. The van der Waals surface area contributed by atoms with Gasteiger partial charge in [-0.15, -0.1) is 0 Å². The second kappa shape index (κ2) is 5.79. The highest BCUT2D eigenvalue weighted by Gasteiger charge is 2.49. The third kappa shape index (κ3) is 2.88. The highest BCUT2D eigenvalue weighted by molar-refractivity contribution is 7.98. The van der Waals surface area contributed by atoms with E-state index in [0.29, 0.717) is 5.75 Å². The van der Waals surface area contributed by atoms with Crippen molar-refractivity contribution in [1.82, 2.24) is 0 Å². The van der Waals surface area contributed by atoms with Gasteiger partial charge in [-0.2, -0.15) is 11.8 Å². The Morgan fingerprint density at radius 2 is 2.37 bits per heavy atom. The van der Waals surface area contributed by atoms with Gasteiger partial charge in [-0.3, -0.25) is 0 Å². The molecule has 0 spiro atoms. The molecule has 0 bridgehead atoms. The van der Waals surface area contributed by atoms with E-state index in [2.05, 4.69) is 26.8 Å². The van der Waals surface area contributed by atoms with Crippen LogP contribution in [0.3, 0.4) is 0 Å².